The minimum Gasteiger partial charge on any atom is -0.390 e. The number of benzene rings is 1. The Balaban J connectivity index is 1.62. The molecule has 0 fully saturated rings. The Hall–Kier alpha value is -1.64. The van der Waals surface area contributed by atoms with Gasteiger partial charge in [0.25, 0.3) is 0 Å². The van der Waals surface area contributed by atoms with E-state index >= 15 is 0 Å². The molecule has 0 aliphatic carbocycles. The van der Waals surface area contributed by atoms with Crippen LogP contribution >= 0.6 is 23.1 Å². The fraction of sp³-hybridized carbons (Fsp3) is 0.438. The number of thioether (sulfide) groups is 1. The Bertz CT molecular complexity index is 829. The van der Waals surface area contributed by atoms with Crippen LogP contribution in [0.1, 0.15) is 18.1 Å². The van der Waals surface area contributed by atoms with E-state index in [0.29, 0.717) is 12.3 Å². The molecule has 0 radical (unpaired) electrons. The highest BCUT2D eigenvalue weighted by Gasteiger charge is 2.12. The lowest BCUT2D eigenvalue weighted by molar-refractivity contribution is 0.179. The first-order chi connectivity index (χ1) is 11.6. The van der Waals surface area contributed by atoms with Gasteiger partial charge in [0, 0.05) is 12.3 Å². The van der Waals surface area contributed by atoms with E-state index in [4.69, 9.17) is 0 Å². The van der Waals surface area contributed by atoms with Gasteiger partial charge in [0.2, 0.25) is 5.13 Å². The second-order valence-corrected chi connectivity index (χ2v) is 7.94. The van der Waals surface area contributed by atoms with E-state index in [0.717, 1.165) is 27.0 Å². The first-order valence-electron chi connectivity index (χ1n) is 7.87. The normalized spacial score (nSPS) is 12.7. The molecular weight excluding hydrogens is 342 g/mol. The van der Waals surface area contributed by atoms with Gasteiger partial charge in [-0.1, -0.05) is 23.1 Å². The Kier molecular flexibility index (Phi) is 5.37. The van der Waals surface area contributed by atoms with E-state index in [1.807, 2.05) is 11.5 Å². The van der Waals surface area contributed by atoms with Crippen molar-refractivity contribution in [2.24, 2.45) is 0 Å². The number of fused-ring (bicyclic) bond motifs is 1. The zero-order chi connectivity index (χ0) is 17.1. The average molecular weight is 364 g/mol. The monoisotopic (exact) mass is 363 g/mol. The van der Waals surface area contributed by atoms with Gasteiger partial charge in [-0.3, -0.25) is 0 Å². The molecule has 1 unspecified atom stereocenters. The number of aliphatic hydroxyl groups excluding tert-OH is 1. The van der Waals surface area contributed by atoms with Crippen molar-refractivity contribution >= 4 is 39.3 Å². The van der Waals surface area contributed by atoms with Gasteiger partial charge in [0.05, 0.1) is 30.0 Å². The Morgan fingerprint density at radius 2 is 2.08 bits per heavy atom. The van der Waals surface area contributed by atoms with Crippen molar-refractivity contribution in [2.45, 2.75) is 37.8 Å². The summed E-state index contributed by atoms with van der Waals surface area (Å²) in [6.07, 6.45) is 1.33. The number of aryl methyl sites for hydroxylation is 2. The standard InChI is InChI=1S/C16H21N5OS2/c1-4-17-15-19-20-16(24-15)23-8-12(22)7-21-9-18-13-5-10(2)11(3)6-14(13)21/h5-6,9,12,22H,4,7-8H2,1-3H3,(H,17,19). The topological polar surface area (TPSA) is 75.9 Å². The minimum absolute atomic E-state index is 0.472. The number of hydrogen-bond donors (Lipinski definition) is 2. The summed E-state index contributed by atoms with van der Waals surface area (Å²) in [7, 11) is 0. The van der Waals surface area contributed by atoms with Crippen molar-refractivity contribution in [3.63, 3.8) is 0 Å². The Morgan fingerprint density at radius 3 is 2.88 bits per heavy atom. The highest BCUT2D eigenvalue weighted by atomic mass is 32.2. The van der Waals surface area contributed by atoms with Crippen LogP contribution < -0.4 is 5.32 Å². The molecule has 0 aliphatic rings. The fourth-order valence-corrected chi connectivity index (χ4v) is 4.16. The van der Waals surface area contributed by atoms with Gasteiger partial charge < -0.3 is 15.0 Å². The molecular formula is C16H21N5OS2. The van der Waals surface area contributed by atoms with Crippen LogP contribution in [-0.2, 0) is 6.54 Å². The number of anilines is 1. The number of aliphatic hydroxyl groups is 1. The molecule has 24 heavy (non-hydrogen) atoms. The van der Waals surface area contributed by atoms with Gasteiger partial charge in [-0.25, -0.2) is 4.98 Å². The summed E-state index contributed by atoms with van der Waals surface area (Å²) in [6, 6.07) is 4.22. The molecule has 0 aliphatic heterocycles. The highest BCUT2D eigenvalue weighted by molar-refractivity contribution is 8.01. The van der Waals surface area contributed by atoms with Crippen molar-refractivity contribution in [1.29, 1.82) is 0 Å². The van der Waals surface area contributed by atoms with Crippen LogP contribution in [0.4, 0.5) is 5.13 Å². The minimum atomic E-state index is -0.472. The third-order valence-corrected chi connectivity index (χ3v) is 5.94. The van der Waals surface area contributed by atoms with Crippen LogP contribution in [0.3, 0.4) is 0 Å². The molecule has 8 heteroatoms. The van der Waals surface area contributed by atoms with Crippen LogP contribution in [0.25, 0.3) is 11.0 Å². The largest absolute Gasteiger partial charge is 0.390 e. The Morgan fingerprint density at radius 1 is 1.29 bits per heavy atom. The first kappa shape index (κ1) is 17.2. The van der Waals surface area contributed by atoms with Crippen LogP contribution in [0.15, 0.2) is 22.8 Å². The summed E-state index contributed by atoms with van der Waals surface area (Å²) in [5, 5.41) is 22.5. The van der Waals surface area contributed by atoms with E-state index in [-0.39, 0.29) is 0 Å². The second kappa shape index (κ2) is 7.50. The number of imidazole rings is 1. The predicted molar refractivity (Wildman–Crippen MR) is 100 cm³/mol. The third kappa shape index (κ3) is 3.88. The lowest BCUT2D eigenvalue weighted by Gasteiger charge is -2.11. The van der Waals surface area contributed by atoms with Crippen molar-refractivity contribution in [3.05, 3.63) is 29.6 Å². The molecule has 0 bridgehead atoms. The average Bonchev–Trinajstić information content (AvgIpc) is 3.14. The summed E-state index contributed by atoms with van der Waals surface area (Å²) < 4.78 is 2.88. The molecule has 3 aromatic rings. The molecule has 0 spiro atoms. The van der Waals surface area contributed by atoms with E-state index in [1.165, 1.54) is 34.2 Å². The molecule has 1 aromatic carbocycles. The van der Waals surface area contributed by atoms with E-state index in [1.54, 1.807) is 6.33 Å². The molecule has 3 rings (SSSR count). The predicted octanol–water partition coefficient (Wildman–Crippen LogP) is 3.09. The lowest BCUT2D eigenvalue weighted by atomic mass is 10.1. The zero-order valence-electron chi connectivity index (χ0n) is 14.0. The number of nitrogens with one attached hydrogen (secondary N) is 1. The fourth-order valence-electron chi connectivity index (χ4n) is 2.40. The molecule has 0 amide bonds. The van der Waals surface area contributed by atoms with Crippen molar-refractivity contribution in [1.82, 2.24) is 19.7 Å². The van der Waals surface area contributed by atoms with E-state index in [2.05, 4.69) is 46.5 Å². The molecule has 2 N–H and O–H groups in total. The van der Waals surface area contributed by atoms with Crippen molar-refractivity contribution in [2.75, 3.05) is 17.6 Å². The van der Waals surface area contributed by atoms with Gasteiger partial charge in [-0.2, -0.15) is 0 Å². The molecule has 2 heterocycles. The summed E-state index contributed by atoms with van der Waals surface area (Å²) in [6.45, 7) is 7.55. The van der Waals surface area contributed by atoms with Crippen LogP contribution in [0.2, 0.25) is 0 Å². The first-order valence-corrected chi connectivity index (χ1v) is 9.67. The van der Waals surface area contributed by atoms with Gasteiger partial charge >= 0.3 is 0 Å². The highest BCUT2D eigenvalue weighted by Crippen LogP contribution is 2.26. The summed E-state index contributed by atoms with van der Waals surface area (Å²) in [5.74, 6) is 0.575. The third-order valence-electron chi connectivity index (χ3n) is 3.78. The van der Waals surface area contributed by atoms with E-state index < -0.39 is 6.10 Å². The van der Waals surface area contributed by atoms with Crippen molar-refractivity contribution in [3.8, 4) is 0 Å². The van der Waals surface area contributed by atoms with Gasteiger partial charge in [0.1, 0.15) is 0 Å². The SMILES string of the molecule is CCNc1nnc(SCC(O)Cn2cnc3cc(C)c(C)cc32)s1. The Labute approximate surface area is 149 Å². The summed E-state index contributed by atoms with van der Waals surface area (Å²) >= 11 is 3.04. The number of rotatable bonds is 7. The zero-order valence-corrected chi connectivity index (χ0v) is 15.6. The number of nitrogens with zero attached hydrogens (tertiary/aromatic N) is 4. The van der Waals surface area contributed by atoms with Gasteiger partial charge in [-0.15, -0.1) is 10.2 Å². The lowest BCUT2D eigenvalue weighted by Crippen LogP contribution is -2.18. The van der Waals surface area contributed by atoms with E-state index in [9.17, 15) is 5.11 Å². The number of aromatic nitrogens is 4. The molecule has 128 valence electrons. The van der Waals surface area contributed by atoms with Gasteiger partial charge in [-0.05, 0) is 44.0 Å². The van der Waals surface area contributed by atoms with Gasteiger partial charge in [0.15, 0.2) is 4.34 Å². The molecule has 2 aromatic heterocycles. The van der Waals surface area contributed by atoms with Crippen LogP contribution in [0.5, 0.6) is 0 Å². The maximum absolute atomic E-state index is 10.3. The quantitative estimate of drug-likeness (QED) is 0.628. The molecule has 6 nitrogen and oxygen atoms in total. The van der Waals surface area contributed by atoms with Crippen LogP contribution in [0, 0.1) is 13.8 Å². The smallest absolute Gasteiger partial charge is 0.206 e. The van der Waals surface area contributed by atoms with Crippen LogP contribution in [-0.4, -0.2) is 43.3 Å². The molecule has 0 saturated heterocycles. The maximum Gasteiger partial charge on any atom is 0.206 e. The number of hydrogen-bond acceptors (Lipinski definition) is 7. The molecule has 1 atom stereocenters. The second-order valence-electron chi connectivity index (χ2n) is 5.69. The van der Waals surface area contributed by atoms with Crippen molar-refractivity contribution < 1.29 is 5.11 Å². The maximum atomic E-state index is 10.3. The summed E-state index contributed by atoms with van der Waals surface area (Å²) in [5.41, 5.74) is 4.50. The molecule has 0 saturated carbocycles. The summed E-state index contributed by atoms with van der Waals surface area (Å²) in [4.78, 5) is 4.43.